The van der Waals surface area contributed by atoms with Crippen LogP contribution in [0.5, 0.6) is 5.75 Å². The fourth-order valence-electron chi connectivity index (χ4n) is 2.02. The van der Waals surface area contributed by atoms with Crippen molar-refractivity contribution >= 4 is 17.3 Å². The standard InChI is InChI=1S/C14H11ClFNO/c15-10-3-6-14-12(7-10)17-13(8-18-14)9-1-4-11(16)5-2-9/h1-7,13,17H,8H2. The lowest BCUT2D eigenvalue weighted by Crippen LogP contribution is -2.23. The van der Waals surface area contributed by atoms with Crippen LogP contribution in [0.2, 0.25) is 5.02 Å². The molecule has 0 radical (unpaired) electrons. The number of benzene rings is 2. The molecule has 2 aromatic carbocycles. The van der Waals surface area contributed by atoms with Crippen molar-refractivity contribution in [3.63, 3.8) is 0 Å². The zero-order chi connectivity index (χ0) is 12.5. The molecule has 0 aromatic heterocycles. The highest BCUT2D eigenvalue weighted by Crippen LogP contribution is 2.35. The van der Waals surface area contributed by atoms with E-state index in [0.29, 0.717) is 11.6 Å². The summed E-state index contributed by atoms with van der Waals surface area (Å²) in [7, 11) is 0. The quantitative estimate of drug-likeness (QED) is 0.839. The molecule has 0 bridgehead atoms. The van der Waals surface area contributed by atoms with Gasteiger partial charge in [0.15, 0.2) is 0 Å². The topological polar surface area (TPSA) is 21.3 Å². The van der Waals surface area contributed by atoms with E-state index in [1.165, 1.54) is 12.1 Å². The number of ether oxygens (including phenoxy) is 1. The first-order chi connectivity index (χ1) is 8.72. The molecule has 2 aromatic rings. The van der Waals surface area contributed by atoms with E-state index in [4.69, 9.17) is 16.3 Å². The van der Waals surface area contributed by atoms with Gasteiger partial charge in [0.25, 0.3) is 0 Å². The van der Waals surface area contributed by atoms with E-state index in [1.807, 2.05) is 12.1 Å². The Morgan fingerprint density at radius 2 is 1.94 bits per heavy atom. The summed E-state index contributed by atoms with van der Waals surface area (Å²) < 4.78 is 18.5. The Balaban J connectivity index is 1.88. The smallest absolute Gasteiger partial charge is 0.142 e. The maximum Gasteiger partial charge on any atom is 0.142 e. The van der Waals surface area contributed by atoms with Gasteiger partial charge in [-0.1, -0.05) is 23.7 Å². The zero-order valence-corrected chi connectivity index (χ0v) is 10.2. The van der Waals surface area contributed by atoms with Crippen LogP contribution in [0.3, 0.4) is 0 Å². The normalized spacial score (nSPS) is 17.6. The summed E-state index contributed by atoms with van der Waals surface area (Å²) >= 11 is 5.95. The van der Waals surface area contributed by atoms with E-state index in [1.54, 1.807) is 18.2 Å². The number of hydrogen-bond donors (Lipinski definition) is 1. The van der Waals surface area contributed by atoms with Gasteiger partial charge in [0.05, 0.1) is 11.7 Å². The Kier molecular flexibility index (Phi) is 2.84. The first kappa shape index (κ1) is 11.4. The molecule has 1 aliphatic heterocycles. The van der Waals surface area contributed by atoms with Crippen LogP contribution >= 0.6 is 11.6 Å². The molecule has 1 atom stereocenters. The predicted molar refractivity (Wildman–Crippen MR) is 69.7 cm³/mol. The van der Waals surface area contributed by atoms with E-state index in [-0.39, 0.29) is 11.9 Å². The van der Waals surface area contributed by atoms with Gasteiger partial charge in [-0.05, 0) is 35.9 Å². The van der Waals surface area contributed by atoms with Crippen molar-refractivity contribution < 1.29 is 9.13 Å². The van der Waals surface area contributed by atoms with Gasteiger partial charge in [-0.15, -0.1) is 0 Å². The zero-order valence-electron chi connectivity index (χ0n) is 9.49. The lowest BCUT2D eigenvalue weighted by Gasteiger charge is -2.27. The molecule has 92 valence electrons. The predicted octanol–water partition coefficient (Wildman–Crippen LogP) is 4.02. The molecule has 1 heterocycles. The average molecular weight is 264 g/mol. The van der Waals surface area contributed by atoms with Gasteiger partial charge in [-0.25, -0.2) is 4.39 Å². The SMILES string of the molecule is Fc1ccc(C2COc3ccc(Cl)cc3N2)cc1. The maximum atomic E-state index is 12.9. The summed E-state index contributed by atoms with van der Waals surface area (Å²) in [5, 5.41) is 4.00. The van der Waals surface area contributed by atoms with E-state index in [2.05, 4.69) is 5.32 Å². The first-order valence-corrected chi connectivity index (χ1v) is 6.04. The Bertz CT molecular complexity index is 571. The van der Waals surface area contributed by atoms with Crippen molar-refractivity contribution in [3.05, 3.63) is 58.9 Å². The second kappa shape index (κ2) is 4.50. The third-order valence-corrected chi connectivity index (χ3v) is 3.18. The minimum absolute atomic E-state index is 0.0107. The first-order valence-electron chi connectivity index (χ1n) is 5.67. The summed E-state index contributed by atoms with van der Waals surface area (Å²) in [5.74, 6) is 0.552. The Morgan fingerprint density at radius 3 is 2.72 bits per heavy atom. The van der Waals surface area contributed by atoms with Crippen LogP contribution in [0.15, 0.2) is 42.5 Å². The van der Waals surface area contributed by atoms with Crippen molar-refractivity contribution in [1.29, 1.82) is 0 Å². The number of nitrogens with one attached hydrogen (secondary N) is 1. The Labute approximate surface area is 109 Å². The average Bonchev–Trinajstić information content (AvgIpc) is 2.38. The highest BCUT2D eigenvalue weighted by Gasteiger charge is 2.20. The summed E-state index contributed by atoms with van der Waals surface area (Å²) in [6, 6.07) is 11.9. The second-order valence-electron chi connectivity index (χ2n) is 4.20. The minimum Gasteiger partial charge on any atom is -0.489 e. The monoisotopic (exact) mass is 263 g/mol. The van der Waals surface area contributed by atoms with Gasteiger partial charge < -0.3 is 10.1 Å². The van der Waals surface area contributed by atoms with Gasteiger partial charge >= 0.3 is 0 Å². The van der Waals surface area contributed by atoms with Crippen LogP contribution in [0.25, 0.3) is 0 Å². The summed E-state index contributed by atoms with van der Waals surface area (Å²) in [4.78, 5) is 0. The molecule has 4 heteroatoms. The maximum absolute atomic E-state index is 12.9. The van der Waals surface area contributed by atoms with Gasteiger partial charge in [0, 0.05) is 5.02 Å². The van der Waals surface area contributed by atoms with Gasteiger partial charge in [0.2, 0.25) is 0 Å². The molecule has 0 saturated heterocycles. The molecule has 0 saturated carbocycles. The molecule has 0 spiro atoms. The van der Waals surface area contributed by atoms with Gasteiger partial charge in [-0.2, -0.15) is 0 Å². The van der Waals surface area contributed by atoms with Crippen LogP contribution in [0, 0.1) is 5.82 Å². The summed E-state index contributed by atoms with van der Waals surface area (Å²) in [6.07, 6.45) is 0. The number of halogens is 2. The van der Waals surface area contributed by atoms with Crippen molar-refractivity contribution in [1.82, 2.24) is 0 Å². The van der Waals surface area contributed by atoms with Crippen molar-refractivity contribution in [2.75, 3.05) is 11.9 Å². The lowest BCUT2D eigenvalue weighted by molar-refractivity contribution is 0.286. The lowest BCUT2D eigenvalue weighted by atomic mass is 10.1. The van der Waals surface area contributed by atoms with Gasteiger partial charge in [0.1, 0.15) is 18.2 Å². The molecule has 0 aliphatic carbocycles. The van der Waals surface area contributed by atoms with Crippen LogP contribution in [-0.2, 0) is 0 Å². The molecule has 1 N–H and O–H groups in total. The second-order valence-corrected chi connectivity index (χ2v) is 4.64. The van der Waals surface area contributed by atoms with Crippen LogP contribution in [0.4, 0.5) is 10.1 Å². The van der Waals surface area contributed by atoms with Crippen molar-refractivity contribution in [2.45, 2.75) is 6.04 Å². The van der Waals surface area contributed by atoms with Gasteiger partial charge in [-0.3, -0.25) is 0 Å². The van der Waals surface area contributed by atoms with Crippen LogP contribution in [-0.4, -0.2) is 6.61 Å². The highest BCUT2D eigenvalue weighted by atomic mass is 35.5. The van der Waals surface area contributed by atoms with E-state index < -0.39 is 0 Å². The largest absolute Gasteiger partial charge is 0.489 e. The third kappa shape index (κ3) is 2.14. The molecule has 3 rings (SSSR count). The van der Waals surface area contributed by atoms with E-state index in [0.717, 1.165) is 17.0 Å². The molecule has 0 fully saturated rings. The number of rotatable bonds is 1. The van der Waals surface area contributed by atoms with E-state index >= 15 is 0 Å². The van der Waals surface area contributed by atoms with Crippen LogP contribution < -0.4 is 10.1 Å². The van der Waals surface area contributed by atoms with E-state index in [9.17, 15) is 4.39 Å². The molecule has 1 aliphatic rings. The number of hydrogen-bond acceptors (Lipinski definition) is 2. The minimum atomic E-state index is -0.237. The number of anilines is 1. The van der Waals surface area contributed by atoms with Crippen molar-refractivity contribution in [3.8, 4) is 5.75 Å². The molecular weight excluding hydrogens is 253 g/mol. The summed E-state index contributed by atoms with van der Waals surface area (Å²) in [6.45, 7) is 0.514. The molecule has 0 amide bonds. The molecule has 2 nitrogen and oxygen atoms in total. The Hall–Kier alpha value is -1.74. The van der Waals surface area contributed by atoms with Crippen LogP contribution in [0.1, 0.15) is 11.6 Å². The molecular formula is C14H11ClFNO. The highest BCUT2D eigenvalue weighted by molar-refractivity contribution is 6.30. The number of fused-ring (bicyclic) bond motifs is 1. The Morgan fingerprint density at radius 1 is 1.17 bits per heavy atom. The molecule has 18 heavy (non-hydrogen) atoms. The fourth-order valence-corrected chi connectivity index (χ4v) is 2.19. The van der Waals surface area contributed by atoms with Crippen molar-refractivity contribution in [2.24, 2.45) is 0 Å². The summed E-state index contributed by atoms with van der Waals surface area (Å²) in [5.41, 5.74) is 1.85. The third-order valence-electron chi connectivity index (χ3n) is 2.95. The fraction of sp³-hybridized carbons (Fsp3) is 0.143. The molecule has 1 unspecified atom stereocenters.